The Labute approximate surface area is 127 Å². The summed E-state index contributed by atoms with van der Waals surface area (Å²) in [5.74, 6) is -1.62. The third-order valence-corrected chi connectivity index (χ3v) is 4.97. The van der Waals surface area contributed by atoms with Crippen LogP contribution in [-0.4, -0.2) is 16.2 Å². The Balaban J connectivity index is 2.48. The molecule has 1 aliphatic carbocycles. The Morgan fingerprint density at radius 3 is 2.43 bits per heavy atom. The van der Waals surface area contributed by atoms with Crippen molar-refractivity contribution in [3.63, 3.8) is 0 Å². The molecule has 0 radical (unpaired) electrons. The van der Waals surface area contributed by atoms with Gasteiger partial charge in [-0.3, -0.25) is 4.79 Å². The number of carboxylic acid groups (broad SMARTS) is 1. The van der Waals surface area contributed by atoms with Crippen LogP contribution in [0.2, 0.25) is 0 Å². The maximum absolute atomic E-state index is 11.7. The van der Waals surface area contributed by atoms with Crippen molar-refractivity contribution in [1.82, 2.24) is 0 Å². The Kier molecular flexibility index (Phi) is 4.43. The number of hydrogen-bond acceptors (Lipinski definition) is 2. The van der Waals surface area contributed by atoms with Crippen LogP contribution in [0, 0.1) is 5.92 Å². The summed E-state index contributed by atoms with van der Waals surface area (Å²) in [5, 5.41) is 20.8. The second-order valence-corrected chi connectivity index (χ2v) is 6.89. The summed E-state index contributed by atoms with van der Waals surface area (Å²) < 4.78 is 0. The number of carbonyl (C=O) groups is 1. The van der Waals surface area contributed by atoms with Crippen molar-refractivity contribution in [2.45, 2.75) is 63.9 Å². The highest BCUT2D eigenvalue weighted by Gasteiger charge is 2.48. The maximum Gasteiger partial charge on any atom is 0.309 e. The molecule has 2 N–H and O–H groups in total. The van der Waals surface area contributed by atoms with E-state index in [0.29, 0.717) is 12.8 Å². The van der Waals surface area contributed by atoms with Gasteiger partial charge in [0.05, 0.1) is 5.92 Å². The molecule has 0 bridgehead atoms. The Bertz CT molecular complexity index is 521. The van der Waals surface area contributed by atoms with E-state index in [4.69, 9.17) is 0 Å². The predicted octanol–water partition coefficient (Wildman–Crippen LogP) is 3.84. The molecule has 0 spiro atoms. The van der Waals surface area contributed by atoms with Crippen LogP contribution < -0.4 is 0 Å². The van der Waals surface area contributed by atoms with Gasteiger partial charge in [0, 0.05) is 0 Å². The van der Waals surface area contributed by atoms with E-state index in [0.717, 1.165) is 30.4 Å². The van der Waals surface area contributed by atoms with Gasteiger partial charge in [0.2, 0.25) is 0 Å². The SMILES string of the molecule is CCCCC(C(=O)O)C1(O)CCC(C)(C)c2ccccc21. The first-order valence-electron chi connectivity index (χ1n) is 7.88. The summed E-state index contributed by atoms with van der Waals surface area (Å²) in [7, 11) is 0. The largest absolute Gasteiger partial charge is 0.481 e. The summed E-state index contributed by atoms with van der Waals surface area (Å²) in [5.41, 5.74) is 0.635. The van der Waals surface area contributed by atoms with Crippen molar-refractivity contribution < 1.29 is 15.0 Å². The molecular formula is C18H26O3. The van der Waals surface area contributed by atoms with E-state index in [9.17, 15) is 15.0 Å². The highest BCUT2D eigenvalue weighted by molar-refractivity contribution is 5.72. The van der Waals surface area contributed by atoms with E-state index in [1.165, 1.54) is 0 Å². The normalized spacial score (nSPS) is 25.1. The smallest absolute Gasteiger partial charge is 0.309 e. The van der Waals surface area contributed by atoms with Crippen LogP contribution in [0.1, 0.15) is 64.0 Å². The van der Waals surface area contributed by atoms with Crippen molar-refractivity contribution in [1.29, 1.82) is 0 Å². The van der Waals surface area contributed by atoms with Gasteiger partial charge in [-0.25, -0.2) is 0 Å². The number of aliphatic carboxylic acids is 1. The molecule has 0 fully saturated rings. The zero-order chi connectivity index (χ0) is 15.7. The number of carboxylic acids is 1. The summed E-state index contributed by atoms with van der Waals surface area (Å²) >= 11 is 0. The van der Waals surface area contributed by atoms with Crippen LogP contribution in [0.15, 0.2) is 24.3 Å². The highest BCUT2D eigenvalue weighted by Crippen LogP contribution is 2.49. The molecule has 2 unspecified atom stereocenters. The standard InChI is InChI=1S/C18H26O3/c1-4-5-8-15(16(19)20)18(21)12-11-17(2,3)13-9-6-7-10-14(13)18/h6-7,9-10,15,21H,4-5,8,11-12H2,1-3H3,(H,19,20). The first kappa shape index (κ1) is 16.0. The topological polar surface area (TPSA) is 57.5 Å². The maximum atomic E-state index is 11.7. The van der Waals surface area contributed by atoms with E-state index in [1.54, 1.807) is 0 Å². The minimum absolute atomic E-state index is 0.0172. The lowest BCUT2D eigenvalue weighted by Gasteiger charge is -2.45. The molecule has 0 aliphatic heterocycles. The average molecular weight is 290 g/mol. The van der Waals surface area contributed by atoms with Gasteiger partial charge in [0.15, 0.2) is 0 Å². The third-order valence-electron chi connectivity index (χ3n) is 4.97. The fourth-order valence-corrected chi connectivity index (χ4v) is 3.56. The molecule has 3 heteroatoms. The molecule has 0 aromatic heterocycles. The van der Waals surface area contributed by atoms with E-state index >= 15 is 0 Å². The summed E-state index contributed by atoms with van der Waals surface area (Å²) in [6.07, 6.45) is 3.60. The molecule has 0 amide bonds. The van der Waals surface area contributed by atoms with Crippen molar-refractivity contribution in [2.75, 3.05) is 0 Å². The number of unbranched alkanes of at least 4 members (excludes halogenated alkanes) is 1. The van der Waals surface area contributed by atoms with Crippen LogP contribution in [0.4, 0.5) is 0 Å². The van der Waals surface area contributed by atoms with Gasteiger partial charge in [-0.05, 0) is 35.8 Å². The molecule has 1 aromatic carbocycles. The highest BCUT2D eigenvalue weighted by atomic mass is 16.4. The van der Waals surface area contributed by atoms with Crippen LogP contribution >= 0.6 is 0 Å². The molecule has 0 saturated carbocycles. The minimum atomic E-state index is -1.24. The van der Waals surface area contributed by atoms with Gasteiger partial charge < -0.3 is 10.2 Å². The number of fused-ring (bicyclic) bond motifs is 1. The molecule has 2 rings (SSSR count). The van der Waals surface area contributed by atoms with E-state index in [2.05, 4.69) is 13.8 Å². The first-order valence-corrected chi connectivity index (χ1v) is 7.88. The van der Waals surface area contributed by atoms with Gasteiger partial charge in [0.25, 0.3) is 0 Å². The molecule has 2 atom stereocenters. The molecule has 1 aromatic rings. The number of rotatable bonds is 5. The lowest BCUT2D eigenvalue weighted by molar-refractivity contribution is -0.156. The first-order chi connectivity index (χ1) is 9.83. The quantitative estimate of drug-likeness (QED) is 0.866. The lowest BCUT2D eigenvalue weighted by atomic mass is 9.62. The Morgan fingerprint density at radius 2 is 1.86 bits per heavy atom. The molecule has 21 heavy (non-hydrogen) atoms. The average Bonchev–Trinajstić information content (AvgIpc) is 2.44. The van der Waals surface area contributed by atoms with Crippen molar-refractivity contribution in [2.24, 2.45) is 5.92 Å². The number of aliphatic hydroxyl groups is 1. The van der Waals surface area contributed by atoms with E-state index in [-0.39, 0.29) is 5.41 Å². The van der Waals surface area contributed by atoms with Gasteiger partial charge in [-0.1, -0.05) is 57.9 Å². The Hall–Kier alpha value is -1.35. The van der Waals surface area contributed by atoms with Gasteiger partial charge in [-0.2, -0.15) is 0 Å². The van der Waals surface area contributed by atoms with Gasteiger partial charge in [-0.15, -0.1) is 0 Å². The van der Waals surface area contributed by atoms with Gasteiger partial charge in [0.1, 0.15) is 5.60 Å². The molecular weight excluding hydrogens is 264 g/mol. The van der Waals surface area contributed by atoms with Crippen molar-refractivity contribution in [3.8, 4) is 0 Å². The minimum Gasteiger partial charge on any atom is -0.481 e. The van der Waals surface area contributed by atoms with Crippen molar-refractivity contribution in [3.05, 3.63) is 35.4 Å². The van der Waals surface area contributed by atoms with E-state index in [1.807, 2.05) is 31.2 Å². The zero-order valence-corrected chi connectivity index (χ0v) is 13.2. The fourth-order valence-electron chi connectivity index (χ4n) is 3.56. The Morgan fingerprint density at radius 1 is 1.24 bits per heavy atom. The molecule has 0 saturated heterocycles. The van der Waals surface area contributed by atoms with Crippen LogP contribution in [0.25, 0.3) is 0 Å². The zero-order valence-electron chi connectivity index (χ0n) is 13.2. The van der Waals surface area contributed by atoms with Crippen molar-refractivity contribution >= 4 is 5.97 Å². The monoisotopic (exact) mass is 290 g/mol. The van der Waals surface area contributed by atoms with Crippen LogP contribution in [-0.2, 0) is 15.8 Å². The van der Waals surface area contributed by atoms with Crippen LogP contribution in [0.5, 0.6) is 0 Å². The van der Waals surface area contributed by atoms with Gasteiger partial charge >= 0.3 is 5.97 Å². The molecule has 3 nitrogen and oxygen atoms in total. The summed E-state index contributed by atoms with van der Waals surface area (Å²) in [6.45, 7) is 6.36. The molecule has 0 heterocycles. The number of benzene rings is 1. The molecule has 1 aliphatic rings. The second-order valence-electron chi connectivity index (χ2n) is 6.89. The van der Waals surface area contributed by atoms with Crippen LogP contribution in [0.3, 0.4) is 0 Å². The molecule has 116 valence electrons. The predicted molar refractivity (Wildman–Crippen MR) is 83.2 cm³/mol. The second kappa shape index (κ2) is 5.80. The lowest BCUT2D eigenvalue weighted by Crippen LogP contribution is -2.46. The number of hydrogen-bond donors (Lipinski definition) is 2. The third kappa shape index (κ3) is 2.84. The summed E-state index contributed by atoms with van der Waals surface area (Å²) in [4.78, 5) is 11.7. The fraction of sp³-hybridized carbons (Fsp3) is 0.611. The van der Waals surface area contributed by atoms with E-state index < -0.39 is 17.5 Å². The summed E-state index contributed by atoms with van der Waals surface area (Å²) in [6, 6.07) is 7.79.